The van der Waals surface area contributed by atoms with E-state index < -0.39 is 22.1 Å². The molecule has 9 nitrogen and oxygen atoms in total. The fraction of sp³-hybridized carbons (Fsp3) is 0.875. The van der Waals surface area contributed by atoms with Gasteiger partial charge in [-0.1, -0.05) is 64.7 Å². The van der Waals surface area contributed by atoms with Crippen LogP contribution in [0.4, 0.5) is 0 Å². The molecule has 0 saturated heterocycles. The number of hydrogen-bond acceptors (Lipinski definition) is 6. The van der Waals surface area contributed by atoms with E-state index in [1.165, 1.54) is 44.9 Å². The Morgan fingerprint density at radius 1 is 0.692 bits per heavy atom. The molecule has 0 aromatic carbocycles. The first-order chi connectivity index (χ1) is 11.2. The third-order valence-corrected chi connectivity index (χ3v) is 4.11. The molecular weight excluding hydrogens is 364 g/mol. The van der Waals surface area contributed by atoms with Gasteiger partial charge in [-0.3, -0.25) is 14.1 Å². The lowest BCUT2D eigenvalue weighted by Crippen LogP contribution is -2.03. The van der Waals surface area contributed by atoms with Crippen LogP contribution < -0.4 is 12.3 Å². The maximum atomic E-state index is 10.4. The molecule has 0 aromatic heterocycles. The summed E-state index contributed by atoms with van der Waals surface area (Å²) in [6.07, 6.45) is 11.1. The Labute approximate surface area is 157 Å². The number of rotatable bonds is 14. The van der Waals surface area contributed by atoms with E-state index in [9.17, 15) is 18.0 Å². The van der Waals surface area contributed by atoms with Crippen molar-refractivity contribution in [3.8, 4) is 0 Å². The summed E-state index contributed by atoms with van der Waals surface area (Å²) in [6, 6.07) is 0. The quantitative estimate of drug-likeness (QED) is 0.210. The zero-order valence-electron chi connectivity index (χ0n) is 16.0. The van der Waals surface area contributed by atoms with Crippen LogP contribution in [0.1, 0.15) is 84.0 Å². The first-order valence-electron chi connectivity index (χ1n) is 8.57. The van der Waals surface area contributed by atoms with Crippen LogP contribution >= 0.6 is 0 Å². The normalized spacial score (nSPS) is 9.92. The van der Waals surface area contributed by atoms with Crippen LogP contribution in [0.3, 0.4) is 0 Å². The molecule has 0 amide bonds. The van der Waals surface area contributed by atoms with E-state index in [1.807, 2.05) is 0 Å². The van der Waals surface area contributed by atoms with Gasteiger partial charge in [0, 0.05) is 0 Å². The van der Waals surface area contributed by atoms with Crippen LogP contribution in [0.25, 0.3) is 0 Å². The number of hydrogen-bond donors (Lipinski definition) is 5. The van der Waals surface area contributed by atoms with Crippen LogP contribution in [0.2, 0.25) is 0 Å². The Morgan fingerprint density at radius 3 is 1.27 bits per heavy atom. The van der Waals surface area contributed by atoms with Crippen molar-refractivity contribution in [2.24, 2.45) is 0 Å². The van der Waals surface area contributed by atoms with Crippen LogP contribution in [0.5, 0.6) is 0 Å². The summed E-state index contributed by atoms with van der Waals surface area (Å²) >= 11 is 0. The zero-order valence-corrected chi connectivity index (χ0v) is 16.8. The highest BCUT2D eigenvalue weighted by Gasteiger charge is 2.02. The van der Waals surface area contributed by atoms with Crippen molar-refractivity contribution < 1.29 is 32.8 Å². The smallest absolute Gasteiger partial charge is 0.303 e. The van der Waals surface area contributed by atoms with Gasteiger partial charge in [0.2, 0.25) is 0 Å². The Hall–Kier alpha value is -1.23. The van der Waals surface area contributed by atoms with Gasteiger partial charge in [0.15, 0.2) is 0 Å². The Kier molecular flexibility index (Phi) is 27.2. The van der Waals surface area contributed by atoms with Crippen molar-refractivity contribution in [2.45, 2.75) is 84.0 Å². The molecule has 0 aromatic rings. The summed E-state index contributed by atoms with van der Waals surface area (Å²) in [5.41, 5.74) is 0. The maximum Gasteiger partial charge on any atom is 0.303 e. The molecule has 0 atom stereocenters. The van der Waals surface area contributed by atoms with Gasteiger partial charge in [0.25, 0.3) is 10.1 Å². The average molecular weight is 403 g/mol. The molecule has 9 N–H and O–H groups in total. The molecule has 0 heterocycles. The van der Waals surface area contributed by atoms with Gasteiger partial charge in [-0.15, -0.1) is 0 Å². The van der Waals surface area contributed by atoms with Crippen molar-refractivity contribution in [2.75, 3.05) is 5.75 Å². The minimum Gasteiger partial charge on any atom is -0.481 e. The monoisotopic (exact) mass is 402 g/mol. The molecule has 0 aliphatic heterocycles. The lowest BCUT2D eigenvalue weighted by atomic mass is 10.1. The van der Waals surface area contributed by atoms with Gasteiger partial charge in [-0.25, -0.2) is 0 Å². The highest BCUT2D eigenvalue weighted by Crippen LogP contribution is 2.10. The molecule has 0 aliphatic carbocycles. The molecule has 26 heavy (non-hydrogen) atoms. The minimum atomic E-state index is -3.73. The van der Waals surface area contributed by atoms with Gasteiger partial charge in [-0.05, 0) is 6.42 Å². The van der Waals surface area contributed by atoms with Crippen molar-refractivity contribution in [3.63, 3.8) is 0 Å². The highest BCUT2D eigenvalue weighted by atomic mass is 32.2. The van der Waals surface area contributed by atoms with Gasteiger partial charge >= 0.3 is 11.9 Å². The first-order valence-corrected chi connectivity index (χ1v) is 10.2. The first kappa shape index (κ1) is 32.4. The van der Waals surface area contributed by atoms with Crippen molar-refractivity contribution in [1.29, 1.82) is 0 Å². The fourth-order valence-corrected chi connectivity index (χ4v) is 2.55. The molecule has 0 rings (SSSR count). The van der Waals surface area contributed by atoms with Gasteiger partial charge in [0.1, 0.15) is 0 Å². The SMILES string of the molecule is CCCCCCCCCCCCS(=O)(=O)O.N.N.O=C(O)CCC(=O)O. The molecule has 0 saturated carbocycles. The molecule has 0 fully saturated rings. The van der Waals surface area contributed by atoms with E-state index in [0.717, 1.165) is 12.8 Å². The molecule has 160 valence electrons. The zero-order chi connectivity index (χ0) is 18.8. The second-order valence-electron chi connectivity index (χ2n) is 5.76. The Bertz CT molecular complexity index is 414. The van der Waals surface area contributed by atoms with E-state index in [2.05, 4.69) is 6.92 Å². The molecule has 0 aliphatic rings. The second-order valence-corrected chi connectivity index (χ2v) is 7.33. The van der Waals surface area contributed by atoms with Crippen LogP contribution in [-0.4, -0.2) is 40.9 Å². The van der Waals surface area contributed by atoms with Crippen molar-refractivity contribution >= 4 is 22.1 Å². The van der Waals surface area contributed by atoms with Crippen molar-refractivity contribution in [3.05, 3.63) is 0 Å². The predicted molar refractivity (Wildman–Crippen MR) is 103 cm³/mol. The molecule has 0 radical (unpaired) electrons. The summed E-state index contributed by atoms with van der Waals surface area (Å²) in [4.78, 5) is 19.3. The molecular formula is C16H38N2O7S. The summed E-state index contributed by atoms with van der Waals surface area (Å²) in [5.74, 6) is -2.23. The molecule has 0 unspecified atom stereocenters. The summed E-state index contributed by atoms with van der Waals surface area (Å²) in [6.45, 7) is 2.22. The number of unbranched alkanes of at least 4 members (excludes halogenated alkanes) is 9. The van der Waals surface area contributed by atoms with Crippen LogP contribution in [0, 0.1) is 0 Å². The standard InChI is InChI=1S/C12H26O3S.C4H6O4.2H3N/c1-2-3-4-5-6-7-8-9-10-11-12-16(13,14)15;5-3(6)1-2-4(7)8;;/h2-12H2,1H3,(H,13,14,15);1-2H2,(H,5,6)(H,7,8);2*1H3. The third-order valence-electron chi connectivity index (χ3n) is 3.31. The van der Waals surface area contributed by atoms with Gasteiger partial charge < -0.3 is 22.5 Å². The van der Waals surface area contributed by atoms with Crippen LogP contribution in [0.15, 0.2) is 0 Å². The number of carboxylic acids is 2. The summed E-state index contributed by atoms with van der Waals surface area (Å²) in [7, 11) is -3.73. The lowest BCUT2D eigenvalue weighted by Gasteiger charge is -2.01. The minimum absolute atomic E-state index is 0. The number of carbonyl (C=O) groups is 2. The van der Waals surface area contributed by atoms with E-state index in [1.54, 1.807) is 0 Å². The lowest BCUT2D eigenvalue weighted by molar-refractivity contribution is -0.143. The van der Waals surface area contributed by atoms with Crippen LogP contribution in [-0.2, 0) is 19.7 Å². The number of aliphatic carboxylic acids is 2. The van der Waals surface area contributed by atoms with Gasteiger partial charge in [0.05, 0.1) is 18.6 Å². The molecule has 0 bridgehead atoms. The van der Waals surface area contributed by atoms with E-state index in [4.69, 9.17) is 14.8 Å². The largest absolute Gasteiger partial charge is 0.481 e. The second kappa shape index (κ2) is 21.8. The molecule has 10 heteroatoms. The topological polar surface area (TPSA) is 199 Å². The fourth-order valence-electron chi connectivity index (χ4n) is 1.99. The van der Waals surface area contributed by atoms with E-state index >= 15 is 0 Å². The van der Waals surface area contributed by atoms with E-state index in [-0.39, 0.29) is 30.9 Å². The van der Waals surface area contributed by atoms with Crippen molar-refractivity contribution in [1.82, 2.24) is 12.3 Å². The maximum absolute atomic E-state index is 10.4. The van der Waals surface area contributed by atoms with Gasteiger partial charge in [-0.2, -0.15) is 8.42 Å². The average Bonchev–Trinajstić information content (AvgIpc) is 2.46. The molecule has 0 spiro atoms. The number of carboxylic acid groups (broad SMARTS) is 2. The third kappa shape index (κ3) is 38.4. The summed E-state index contributed by atoms with van der Waals surface area (Å²) < 4.78 is 29.4. The Morgan fingerprint density at radius 2 is 1.00 bits per heavy atom. The summed E-state index contributed by atoms with van der Waals surface area (Å²) in [5, 5.41) is 15.8. The predicted octanol–water partition coefficient (Wildman–Crippen LogP) is 4.05. The van der Waals surface area contributed by atoms with E-state index in [0.29, 0.717) is 6.42 Å². The highest BCUT2D eigenvalue weighted by molar-refractivity contribution is 7.85. The Balaban J connectivity index is -0.000000208.